The van der Waals surface area contributed by atoms with Crippen LogP contribution in [0.25, 0.3) is 5.69 Å². The van der Waals surface area contributed by atoms with Crippen LogP contribution in [0, 0.1) is 17.0 Å². The zero-order valence-corrected chi connectivity index (χ0v) is 15.8. The van der Waals surface area contributed by atoms with Crippen LogP contribution in [-0.2, 0) is 0 Å². The Morgan fingerprint density at radius 2 is 1.97 bits per heavy atom. The number of alkyl halides is 3. The quantitative estimate of drug-likeness (QED) is 0.514. The molecule has 0 radical (unpaired) electrons. The number of nitro groups is 1. The number of hydrogen-bond acceptors (Lipinski definition) is 5. The Hall–Kier alpha value is -3.24. The molecule has 1 aromatic heterocycles. The lowest BCUT2D eigenvalue weighted by molar-refractivity contribution is -0.384. The third-order valence-electron chi connectivity index (χ3n) is 4.06. The predicted octanol–water partition coefficient (Wildman–Crippen LogP) is 3.25. The zero-order valence-electron chi connectivity index (χ0n) is 15.8. The maximum absolute atomic E-state index is 12.9. The summed E-state index contributed by atoms with van der Waals surface area (Å²) < 4.78 is 39.7. The molecule has 0 aliphatic carbocycles. The van der Waals surface area contributed by atoms with Crippen LogP contribution in [0.5, 0.6) is 0 Å². The van der Waals surface area contributed by atoms with Crippen molar-refractivity contribution in [3.05, 3.63) is 62.1 Å². The van der Waals surface area contributed by atoms with Crippen molar-refractivity contribution >= 4 is 11.6 Å². The van der Waals surface area contributed by atoms with Crippen LogP contribution >= 0.6 is 0 Å². The average molecular weight is 412 g/mol. The van der Waals surface area contributed by atoms with E-state index in [0.717, 1.165) is 10.7 Å². The monoisotopic (exact) mass is 412 g/mol. The van der Waals surface area contributed by atoms with Crippen LogP contribution in [0.1, 0.15) is 35.9 Å². The number of carbonyl (C=O) groups is 1. The van der Waals surface area contributed by atoms with Gasteiger partial charge in [0.2, 0.25) is 5.43 Å². The Labute approximate surface area is 163 Å². The van der Waals surface area contributed by atoms with Gasteiger partial charge in [-0.15, -0.1) is 0 Å². The molecule has 0 saturated heterocycles. The van der Waals surface area contributed by atoms with Crippen LogP contribution in [0.4, 0.5) is 18.9 Å². The normalized spacial score (nSPS) is 11.3. The van der Waals surface area contributed by atoms with Crippen molar-refractivity contribution in [2.24, 2.45) is 0 Å². The van der Waals surface area contributed by atoms with Gasteiger partial charge in [0.15, 0.2) is 5.69 Å². The second kappa shape index (κ2) is 8.84. The van der Waals surface area contributed by atoms with Crippen LogP contribution in [0.15, 0.2) is 35.1 Å². The van der Waals surface area contributed by atoms with Gasteiger partial charge in [-0.25, -0.2) is 4.68 Å². The predicted molar refractivity (Wildman–Crippen MR) is 98.1 cm³/mol. The van der Waals surface area contributed by atoms with E-state index in [9.17, 15) is 32.9 Å². The molecule has 0 unspecified atom stereocenters. The fourth-order valence-electron chi connectivity index (χ4n) is 2.70. The molecule has 0 aliphatic rings. The average Bonchev–Trinajstić information content (AvgIpc) is 2.64. The number of aryl methyl sites for hydroxylation is 1. The Kier molecular flexibility index (Phi) is 6.72. The van der Waals surface area contributed by atoms with Gasteiger partial charge in [-0.2, -0.15) is 18.3 Å². The SMILES string of the molecule is CCCCN(CC(F)(F)F)C(=O)c1nn(-c2ccccc2[N+](=O)[O-])c(C)cc1=O. The van der Waals surface area contributed by atoms with Gasteiger partial charge in [0.25, 0.3) is 11.6 Å². The highest BCUT2D eigenvalue weighted by molar-refractivity contribution is 5.92. The number of benzene rings is 1. The second-order valence-corrected chi connectivity index (χ2v) is 6.35. The van der Waals surface area contributed by atoms with Crippen molar-refractivity contribution in [1.29, 1.82) is 0 Å². The first-order valence-corrected chi connectivity index (χ1v) is 8.76. The molecule has 0 aliphatic heterocycles. The van der Waals surface area contributed by atoms with E-state index < -0.39 is 34.7 Å². The van der Waals surface area contributed by atoms with E-state index in [1.54, 1.807) is 6.92 Å². The van der Waals surface area contributed by atoms with Gasteiger partial charge in [-0.1, -0.05) is 25.5 Å². The third kappa shape index (κ3) is 5.39. The first-order chi connectivity index (χ1) is 13.5. The smallest absolute Gasteiger partial charge is 0.328 e. The van der Waals surface area contributed by atoms with E-state index in [1.807, 2.05) is 0 Å². The zero-order chi connectivity index (χ0) is 21.8. The highest BCUT2D eigenvalue weighted by atomic mass is 19.4. The van der Waals surface area contributed by atoms with Crippen LogP contribution < -0.4 is 5.43 Å². The Morgan fingerprint density at radius 1 is 1.31 bits per heavy atom. The molecular weight excluding hydrogens is 393 g/mol. The van der Waals surface area contributed by atoms with Crippen LogP contribution in [0.2, 0.25) is 0 Å². The Bertz CT molecular complexity index is 972. The molecule has 2 rings (SSSR count). The number of nitrogens with zero attached hydrogens (tertiary/aromatic N) is 4. The van der Waals surface area contributed by atoms with E-state index in [2.05, 4.69) is 5.10 Å². The minimum absolute atomic E-state index is 0.0139. The largest absolute Gasteiger partial charge is 0.406 e. The number of unbranched alkanes of at least 4 members (excludes halogenated alkanes) is 1. The second-order valence-electron chi connectivity index (χ2n) is 6.35. The van der Waals surface area contributed by atoms with E-state index in [-0.39, 0.29) is 23.6 Å². The lowest BCUT2D eigenvalue weighted by Crippen LogP contribution is -2.42. The van der Waals surface area contributed by atoms with E-state index in [4.69, 9.17) is 0 Å². The summed E-state index contributed by atoms with van der Waals surface area (Å²) in [6.45, 7) is 1.48. The van der Waals surface area contributed by atoms with Gasteiger partial charge in [0, 0.05) is 24.4 Å². The van der Waals surface area contributed by atoms with Crippen molar-refractivity contribution in [1.82, 2.24) is 14.7 Å². The number of hydrogen-bond donors (Lipinski definition) is 0. The van der Waals surface area contributed by atoms with E-state index >= 15 is 0 Å². The van der Waals surface area contributed by atoms with Crippen molar-refractivity contribution in [2.45, 2.75) is 32.9 Å². The molecule has 8 nitrogen and oxygen atoms in total. The molecule has 0 N–H and O–H groups in total. The maximum Gasteiger partial charge on any atom is 0.406 e. The van der Waals surface area contributed by atoms with Crippen molar-refractivity contribution in [2.75, 3.05) is 13.1 Å². The number of amides is 1. The van der Waals surface area contributed by atoms with Crippen LogP contribution in [-0.4, -0.2) is 44.8 Å². The minimum Gasteiger partial charge on any atom is -0.328 e. The van der Waals surface area contributed by atoms with Crippen molar-refractivity contribution in [3.8, 4) is 5.69 Å². The molecule has 1 heterocycles. The van der Waals surface area contributed by atoms with Gasteiger partial charge in [-0.3, -0.25) is 19.7 Å². The number of aromatic nitrogens is 2. The number of para-hydroxylation sites is 2. The number of nitro benzene ring substituents is 1. The molecule has 1 aromatic carbocycles. The highest BCUT2D eigenvalue weighted by Gasteiger charge is 2.34. The van der Waals surface area contributed by atoms with Crippen molar-refractivity contribution in [3.63, 3.8) is 0 Å². The van der Waals surface area contributed by atoms with Gasteiger partial charge in [0.1, 0.15) is 12.2 Å². The van der Waals surface area contributed by atoms with Gasteiger partial charge < -0.3 is 4.90 Å². The topological polar surface area (TPSA) is 98.3 Å². The molecule has 0 spiro atoms. The Morgan fingerprint density at radius 3 is 2.55 bits per heavy atom. The highest BCUT2D eigenvalue weighted by Crippen LogP contribution is 2.23. The van der Waals surface area contributed by atoms with E-state index in [0.29, 0.717) is 17.7 Å². The van der Waals surface area contributed by atoms with Gasteiger partial charge in [-0.05, 0) is 19.4 Å². The van der Waals surface area contributed by atoms with Crippen molar-refractivity contribution < 1.29 is 22.9 Å². The summed E-state index contributed by atoms with van der Waals surface area (Å²) >= 11 is 0. The first kappa shape index (κ1) is 22.1. The molecule has 1 amide bonds. The molecule has 0 saturated carbocycles. The molecule has 29 heavy (non-hydrogen) atoms. The standard InChI is InChI=1S/C18H19F3N4O4/c1-3-4-9-23(11-18(19,20)21)17(27)16-15(26)10-12(2)24(22-16)13-7-5-6-8-14(13)25(28)29/h5-8,10H,3-4,9,11H2,1-2H3. The minimum atomic E-state index is -4.65. The fourth-order valence-corrected chi connectivity index (χ4v) is 2.70. The molecule has 11 heteroatoms. The molecule has 2 aromatic rings. The lowest BCUT2D eigenvalue weighted by atomic mass is 10.2. The summed E-state index contributed by atoms with van der Waals surface area (Å²) in [5.74, 6) is -1.17. The van der Waals surface area contributed by atoms with Gasteiger partial charge >= 0.3 is 6.18 Å². The molecular formula is C18H19F3N4O4. The summed E-state index contributed by atoms with van der Waals surface area (Å²) in [7, 11) is 0. The fraction of sp³-hybridized carbons (Fsp3) is 0.389. The number of carbonyl (C=O) groups excluding carboxylic acids is 1. The van der Waals surface area contributed by atoms with Crippen LogP contribution in [0.3, 0.4) is 0 Å². The first-order valence-electron chi connectivity index (χ1n) is 8.76. The van der Waals surface area contributed by atoms with E-state index in [1.165, 1.54) is 31.2 Å². The summed E-state index contributed by atoms with van der Waals surface area (Å²) in [5.41, 5.74) is -1.74. The third-order valence-corrected chi connectivity index (χ3v) is 4.06. The molecule has 0 atom stereocenters. The molecule has 0 fully saturated rings. The molecule has 156 valence electrons. The maximum atomic E-state index is 12.9. The Balaban J connectivity index is 2.56. The lowest BCUT2D eigenvalue weighted by Gasteiger charge is -2.23. The summed E-state index contributed by atoms with van der Waals surface area (Å²) in [6.07, 6.45) is -3.79. The summed E-state index contributed by atoms with van der Waals surface area (Å²) in [5, 5.41) is 15.2. The summed E-state index contributed by atoms with van der Waals surface area (Å²) in [6, 6.07) is 6.53. The van der Waals surface area contributed by atoms with Gasteiger partial charge in [0.05, 0.1) is 4.92 Å². The number of rotatable bonds is 7. The summed E-state index contributed by atoms with van der Waals surface area (Å²) in [4.78, 5) is 36.1. The molecule has 0 bridgehead atoms. The number of halogens is 3.